The highest BCUT2D eigenvalue weighted by Gasteiger charge is 2.31. The Labute approximate surface area is 153 Å². The second-order valence-corrected chi connectivity index (χ2v) is 9.14. The molecule has 1 saturated carbocycles. The standard InChI is InChI=1S/C17H26N4O4S/c22-17-11-13-12-25-10-7-16(13)18-21(17)15-5-3-14(4-6-15)19-26(23,24)20-8-1-2-9-20/h11,14-15,19H,1-10,12H2. The lowest BCUT2D eigenvalue weighted by atomic mass is 9.92. The molecule has 4 rings (SSSR count). The monoisotopic (exact) mass is 382 g/mol. The summed E-state index contributed by atoms with van der Waals surface area (Å²) in [5, 5.41) is 4.58. The number of rotatable bonds is 4. The molecule has 2 aliphatic heterocycles. The summed E-state index contributed by atoms with van der Waals surface area (Å²) in [6.45, 7) is 2.33. The smallest absolute Gasteiger partial charge is 0.279 e. The van der Waals surface area contributed by atoms with Crippen molar-refractivity contribution in [2.24, 2.45) is 0 Å². The van der Waals surface area contributed by atoms with Crippen molar-refractivity contribution >= 4 is 10.2 Å². The predicted molar refractivity (Wildman–Crippen MR) is 96.0 cm³/mol. The summed E-state index contributed by atoms with van der Waals surface area (Å²) < 4.78 is 36.2. The van der Waals surface area contributed by atoms with Gasteiger partial charge in [0, 0.05) is 37.2 Å². The molecule has 3 heterocycles. The molecule has 1 aromatic rings. The van der Waals surface area contributed by atoms with Crippen LogP contribution in [0.4, 0.5) is 0 Å². The molecule has 0 unspecified atom stereocenters. The van der Waals surface area contributed by atoms with Gasteiger partial charge in [0.2, 0.25) is 0 Å². The minimum absolute atomic E-state index is 0.0446. The molecule has 26 heavy (non-hydrogen) atoms. The Morgan fingerprint density at radius 3 is 2.62 bits per heavy atom. The number of hydrogen-bond donors (Lipinski definition) is 1. The number of hydrogen-bond acceptors (Lipinski definition) is 5. The fraction of sp³-hybridized carbons (Fsp3) is 0.765. The lowest BCUT2D eigenvalue weighted by molar-refractivity contribution is 0.107. The largest absolute Gasteiger partial charge is 0.376 e. The van der Waals surface area contributed by atoms with Crippen molar-refractivity contribution in [1.29, 1.82) is 0 Å². The molecule has 0 spiro atoms. The van der Waals surface area contributed by atoms with Crippen LogP contribution in [0.15, 0.2) is 10.9 Å². The number of fused-ring (bicyclic) bond motifs is 1. The maximum Gasteiger partial charge on any atom is 0.279 e. The zero-order valence-corrected chi connectivity index (χ0v) is 15.7. The first-order valence-corrected chi connectivity index (χ1v) is 10.9. The van der Waals surface area contributed by atoms with Crippen molar-refractivity contribution in [2.75, 3.05) is 19.7 Å². The van der Waals surface area contributed by atoms with E-state index in [4.69, 9.17) is 4.74 Å². The van der Waals surface area contributed by atoms with Gasteiger partial charge in [-0.3, -0.25) is 4.79 Å². The van der Waals surface area contributed by atoms with Gasteiger partial charge in [0.25, 0.3) is 15.8 Å². The first-order valence-electron chi connectivity index (χ1n) is 9.50. The van der Waals surface area contributed by atoms with Crippen molar-refractivity contribution in [1.82, 2.24) is 18.8 Å². The van der Waals surface area contributed by atoms with Crippen molar-refractivity contribution in [2.45, 2.75) is 63.6 Å². The maximum absolute atomic E-state index is 12.4. The Hall–Kier alpha value is -1.29. The summed E-state index contributed by atoms with van der Waals surface area (Å²) in [5.41, 5.74) is 1.76. The summed E-state index contributed by atoms with van der Waals surface area (Å²) >= 11 is 0. The third-order valence-corrected chi connectivity index (χ3v) is 7.30. The molecule has 9 heteroatoms. The highest BCUT2D eigenvalue weighted by molar-refractivity contribution is 7.87. The molecular formula is C17H26N4O4S. The zero-order valence-electron chi connectivity index (χ0n) is 14.9. The van der Waals surface area contributed by atoms with Crippen LogP contribution in [0.2, 0.25) is 0 Å². The molecule has 1 N–H and O–H groups in total. The molecule has 3 aliphatic rings. The van der Waals surface area contributed by atoms with E-state index in [1.165, 1.54) is 4.31 Å². The van der Waals surface area contributed by atoms with E-state index in [0.717, 1.165) is 56.2 Å². The summed E-state index contributed by atoms with van der Waals surface area (Å²) in [5.74, 6) is 0. The fourth-order valence-electron chi connectivity index (χ4n) is 4.14. The topological polar surface area (TPSA) is 93.5 Å². The van der Waals surface area contributed by atoms with Crippen LogP contribution in [0.3, 0.4) is 0 Å². The van der Waals surface area contributed by atoms with Gasteiger partial charge in [-0.15, -0.1) is 0 Å². The minimum atomic E-state index is -3.38. The highest BCUT2D eigenvalue weighted by Crippen LogP contribution is 2.28. The Morgan fingerprint density at radius 2 is 1.88 bits per heavy atom. The Bertz CT molecular complexity index is 809. The van der Waals surface area contributed by atoms with E-state index in [1.54, 1.807) is 10.7 Å². The van der Waals surface area contributed by atoms with Crippen molar-refractivity contribution in [3.05, 3.63) is 27.7 Å². The Morgan fingerprint density at radius 1 is 1.15 bits per heavy atom. The van der Waals surface area contributed by atoms with Crippen LogP contribution in [-0.4, -0.2) is 48.2 Å². The number of nitrogens with zero attached hydrogens (tertiary/aromatic N) is 3. The van der Waals surface area contributed by atoms with Crippen LogP contribution in [0.25, 0.3) is 0 Å². The van der Waals surface area contributed by atoms with Crippen LogP contribution in [0.1, 0.15) is 55.8 Å². The predicted octanol–water partition coefficient (Wildman–Crippen LogP) is 0.730. The van der Waals surface area contributed by atoms with Crippen LogP contribution >= 0.6 is 0 Å². The molecule has 0 bridgehead atoms. The van der Waals surface area contributed by atoms with E-state index >= 15 is 0 Å². The Kier molecular flexibility index (Phi) is 5.13. The normalized spacial score (nSPS) is 27.4. The van der Waals surface area contributed by atoms with E-state index in [9.17, 15) is 13.2 Å². The van der Waals surface area contributed by atoms with Gasteiger partial charge in [0.15, 0.2) is 0 Å². The molecule has 1 aromatic heterocycles. The van der Waals surface area contributed by atoms with Gasteiger partial charge in [-0.05, 0) is 38.5 Å². The lowest BCUT2D eigenvalue weighted by Crippen LogP contribution is -2.46. The molecule has 144 valence electrons. The third kappa shape index (κ3) is 3.71. The van der Waals surface area contributed by atoms with E-state index in [2.05, 4.69) is 9.82 Å². The van der Waals surface area contributed by atoms with Crippen molar-refractivity contribution in [3.8, 4) is 0 Å². The van der Waals surface area contributed by atoms with Gasteiger partial charge in [-0.1, -0.05) is 0 Å². The van der Waals surface area contributed by atoms with Gasteiger partial charge in [-0.2, -0.15) is 22.5 Å². The van der Waals surface area contributed by atoms with Crippen LogP contribution in [-0.2, 0) is 28.0 Å². The molecule has 8 nitrogen and oxygen atoms in total. The SMILES string of the molecule is O=c1cc2c(nn1C1CCC(NS(=O)(=O)N3CCCC3)CC1)CCOC2. The summed E-state index contributed by atoms with van der Waals surface area (Å²) in [6, 6.07) is 1.63. The number of ether oxygens (including phenoxy) is 1. The first kappa shape index (κ1) is 18.1. The second kappa shape index (κ2) is 7.38. The van der Waals surface area contributed by atoms with Crippen LogP contribution < -0.4 is 10.3 Å². The molecule has 1 saturated heterocycles. The molecule has 0 atom stereocenters. The molecule has 0 radical (unpaired) electrons. The molecule has 2 fully saturated rings. The average molecular weight is 382 g/mol. The minimum Gasteiger partial charge on any atom is -0.376 e. The van der Waals surface area contributed by atoms with E-state index in [-0.39, 0.29) is 17.6 Å². The number of aromatic nitrogens is 2. The van der Waals surface area contributed by atoms with Gasteiger partial charge in [0.1, 0.15) is 0 Å². The van der Waals surface area contributed by atoms with Gasteiger partial charge >= 0.3 is 0 Å². The number of nitrogens with one attached hydrogen (secondary N) is 1. The average Bonchev–Trinajstić information content (AvgIpc) is 3.17. The van der Waals surface area contributed by atoms with E-state index < -0.39 is 10.2 Å². The van der Waals surface area contributed by atoms with Gasteiger partial charge in [0.05, 0.1) is 24.9 Å². The van der Waals surface area contributed by atoms with E-state index in [1.807, 2.05) is 0 Å². The quantitative estimate of drug-likeness (QED) is 0.829. The Balaban J connectivity index is 1.40. The first-order chi connectivity index (χ1) is 12.5. The molecule has 1 aliphatic carbocycles. The van der Waals surface area contributed by atoms with Crippen molar-refractivity contribution < 1.29 is 13.2 Å². The summed E-state index contributed by atoms with van der Waals surface area (Å²) in [6.07, 6.45) is 5.58. The van der Waals surface area contributed by atoms with E-state index in [0.29, 0.717) is 26.3 Å². The highest BCUT2D eigenvalue weighted by atomic mass is 32.2. The lowest BCUT2D eigenvalue weighted by Gasteiger charge is -2.31. The second-order valence-electron chi connectivity index (χ2n) is 7.44. The fourth-order valence-corrected chi connectivity index (χ4v) is 5.69. The maximum atomic E-state index is 12.4. The molecule has 0 aromatic carbocycles. The van der Waals surface area contributed by atoms with Crippen LogP contribution in [0.5, 0.6) is 0 Å². The van der Waals surface area contributed by atoms with Crippen LogP contribution in [0, 0.1) is 0 Å². The summed E-state index contributed by atoms with van der Waals surface area (Å²) in [4.78, 5) is 12.4. The van der Waals surface area contributed by atoms with Gasteiger partial charge < -0.3 is 4.74 Å². The molecular weight excluding hydrogens is 356 g/mol. The molecule has 0 amide bonds. The van der Waals surface area contributed by atoms with Gasteiger partial charge in [-0.25, -0.2) is 4.68 Å². The van der Waals surface area contributed by atoms with Crippen molar-refractivity contribution in [3.63, 3.8) is 0 Å². The summed E-state index contributed by atoms with van der Waals surface area (Å²) in [7, 11) is -3.38. The third-order valence-electron chi connectivity index (χ3n) is 5.63. The zero-order chi connectivity index (χ0) is 18.1.